The van der Waals surface area contributed by atoms with Gasteiger partial charge in [0.15, 0.2) is 6.61 Å². The molecule has 0 bridgehead atoms. The smallest absolute Gasteiger partial charge is 0.422 e. The maximum Gasteiger partial charge on any atom is 0.422 e. The minimum atomic E-state index is -4.36. The zero-order valence-corrected chi connectivity index (χ0v) is 19.0. The van der Waals surface area contributed by atoms with E-state index in [0.717, 1.165) is 48.8 Å². The molecule has 0 radical (unpaired) electrons. The number of piperazine rings is 1. The largest absolute Gasteiger partial charge is 0.484 e. The summed E-state index contributed by atoms with van der Waals surface area (Å²) in [6, 6.07) is 11.2. The summed E-state index contributed by atoms with van der Waals surface area (Å²) in [6.45, 7) is 13.1. The Hall–Kier alpha value is -2.28. The molecule has 1 fully saturated rings. The molecule has 4 nitrogen and oxygen atoms in total. The minimum Gasteiger partial charge on any atom is -0.484 e. The van der Waals surface area contributed by atoms with E-state index in [1.807, 2.05) is 38.1 Å². The number of anilines is 1. The molecule has 1 aromatic carbocycles. The second-order valence-electron chi connectivity index (χ2n) is 9.34. The number of benzene rings is 1. The van der Waals surface area contributed by atoms with Crippen LogP contribution in [-0.4, -0.2) is 54.4 Å². The third kappa shape index (κ3) is 6.12. The Morgan fingerprint density at radius 1 is 1.00 bits per heavy atom. The quantitative estimate of drug-likeness (QED) is 0.599. The van der Waals surface area contributed by atoms with Gasteiger partial charge in [0, 0.05) is 37.3 Å². The van der Waals surface area contributed by atoms with E-state index in [1.54, 1.807) is 12.1 Å². The van der Waals surface area contributed by atoms with Gasteiger partial charge in [-0.05, 0) is 62.6 Å². The van der Waals surface area contributed by atoms with Crippen LogP contribution in [0.4, 0.5) is 19.0 Å². The Kier molecular flexibility index (Phi) is 6.84. The molecule has 1 aliphatic rings. The molecule has 0 spiro atoms. The zero-order chi connectivity index (χ0) is 22.8. The highest BCUT2D eigenvalue weighted by molar-refractivity contribution is 5.64. The highest BCUT2D eigenvalue weighted by Crippen LogP contribution is 2.33. The van der Waals surface area contributed by atoms with E-state index >= 15 is 0 Å². The van der Waals surface area contributed by atoms with E-state index < -0.39 is 12.8 Å². The lowest BCUT2D eigenvalue weighted by Gasteiger charge is -2.42. The number of halogens is 3. The number of pyridine rings is 1. The molecule has 2 heterocycles. The van der Waals surface area contributed by atoms with Crippen molar-refractivity contribution in [3.05, 3.63) is 42.0 Å². The molecular weight excluding hydrogens is 403 g/mol. The lowest BCUT2D eigenvalue weighted by atomic mass is 9.98. The molecule has 0 unspecified atom stereocenters. The summed E-state index contributed by atoms with van der Waals surface area (Å²) in [4.78, 5) is 9.62. The highest BCUT2D eigenvalue weighted by atomic mass is 19.4. The molecule has 170 valence electrons. The number of ether oxygens (including phenoxy) is 1. The van der Waals surface area contributed by atoms with Crippen molar-refractivity contribution in [2.24, 2.45) is 0 Å². The van der Waals surface area contributed by atoms with Crippen LogP contribution in [0.2, 0.25) is 0 Å². The van der Waals surface area contributed by atoms with E-state index in [-0.39, 0.29) is 17.2 Å². The van der Waals surface area contributed by atoms with Gasteiger partial charge in [-0.2, -0.15) is 13.2 Å². The number of rotatable bonds is 5. The second kappa shape index (κ2) is 9.07. The van der Waals surface area contributed by atoms with Gasteiger partial charge < -0.3 is 9.64 Å². The van der Waals surface area contributed by atoms with Gasteiger partial charge >= 0.3 is 6.18 Å². The van der Waals surface area contributed by atoms with Gasteiger partial charge in [-0.3, -0.25) is 4.90 Å². The molecule has 1 aliphatic heterocycles. The van der Waals surface area contributed by atoms with Crippen molar-refractivity contribution in [3.8, 4) is 17.0 Å². The summed E-state index contributed by atoms with van der Waals surface area (Å²) in [6.07, 6.45) is -4.36. The Morgan fingerprint density at radius 3 is 2.26 bits per heavy atom. The van der Waals surface area contributed by atoms with Gasteiger partial charge in [0.2, 0.25) is 0 Å². The molecule has 3 rings (SSSR count). The maximum atomic E-state index is 12.6. The van der Waals surface area contributed by atoms with Crippen molar-refractivity contribution < 1.29 is 17.9 Å². The van der Waals surface area contributed by atoms with Crippen molar-refractivity contribution in [3.63, 3.8) is 0 Å². The minimum absolute atomic E-state index is 0.0249. The number of hydrogen-bond donors (Lipinski definition) is 0. The van der Waals surface area contributed by atoms with Crippen LogP contribution >= 0.6 is 0 Å². The average Bonchev–Trinajstić information content (AvgIpc) is 2.71. The van der Waals surface area contributed by atoms with Gasteiger partial charge in [0.25, 0.3) is 0 Å². The van der Waals surface area contributed by atoms with Crippen LogP contribution in [0.5, 0.6) is 5.75 Å². The molecular formula is C24H32F3N3O. The van der Waals surface area contributed by atoms with Crippen molar-refractivity contribution in [1.29, 1.82) is 0 Å². The SMILES string of the molecule is CC(C)c1cc(-c2cccc(N3CCN(C(C)(C)C)CC3)n2)ccc1OCC(F)(F)F. The van der Waals surface area contributed by atoms with E-state index in [9.17, 15) is 13.2 Å². The standard InChI is InChI=1S/C24H32F3N3O/c1-17(2)19-15-18(9-10-21(19)31-16-24(25,26)27)20-7-6-8-22(28-20)29-11-13-30(14-12-29)23(3,4)5/h6-10,15,17H,11-14,16H2,1-5H3. The third-order valence-electron chi connectivity index (χ3n) is 5.61. The average molecular weight is 436 g/mol. The van der Waals surface area contributed by atoms with Crippen molar-refractivity contribution in [2.75, 3.05) is 37.7 Å². The predicted octanol–water partition coefficient (Wildman–Crippen LogP) is 5.73. The fourth-order valence-corrected chi connectivity index (χ4v) is 3.82. The molecule has 1 saturated heterocycles. The summed E-state index contributed by atoms with van der Waals surface area (Å²) in [5, 5.41) is 0. The van der Waals surface area contributed by atoms with Gasteiger partial charge in [0.1, 0.15) is 11.6 Å². The van der Waals surface area contributed by atoms with E-state index in [0.29, 0.717) is 0 Å². The van der Waals surface area contributed by atoms with Crippen LogP contribution < -0.4 is 9.64 Å². The fourth-order valence-electron chi connectivity index (χ4n) is 3.82. The van der Waals surface area contributed by atoms with Crippen molar-refractivity contribution in [2.45, 2.75) is 52.3 Å². The summed E-state index contributed by atoms with van der Waals surface area (Å²) < 4.78 is 42.8. The zero-order valence-electron chi connectivity index (χ0n) is 19.0. The van der Waals surface area contributed by atoms with E-state index in [2.05, 4.69) is 30.6 Å². The molecule has 7 heteroatoms. The number of nitrogens with zero attached hydrogens (tertiary/aromatic N) is 3. The van der Waals surface area contributed by atoms with Gasteiger partial charge in [-0.25, -0.2) is 4.98 Å². The first-order chi connectivity index (χ1) is 14.4. The number of alkyl halides is 3. The van der Waals surface area contributed by atoms with Crippen LogP contribution in [0.15, 0.2) is 36.4 Å². The van der Waals surface area contributed by atoms with Crippen molar-refractivity contribution in [1.82, 2.24) is 9.88 Å². The van der Waals surface area contributed by atoms with Crippen LogP contribution in [0.25, 0.3) is 11.3 Å². The Bertz CT molecular complexity index is 882. The summed E-state index contributed by atoms with van der Waals surface area (Å²) in [5.41, 5.74) is 2.58. The Balaban J connectivity index is 1.80. The van der Waals surface area contributed by atoms with Crippen LogP contribution in [0, 0.1) is 0 Å². The number of aromatic nitrogens is 1. The van der Waals surface area contributed by atoms with E-state index in [4.69, 9.17) is 9.72 Å². The van der Waals surface area contributed by atoms with Crippen LogP contribution in [0.3, 0.4) is 0 Å². The third-order valence-corrected chi connectivity index (χ3v) is 5.61. The summed E-state index contributed by atoms with van der Waals surface area (Å²) >= 11 is 0. The van der Waals surface area contributed by atoms with Gasteiger partial charge in [-0.15, -0.1) is 0 Å². The van der Waals surface area contributed by atoms with E-state index in [1.165, 1.54) is 0 Å². The predicted molar refractivity (Wildman–Crippen MR) is 119 cm³/mol. The molecule has 0 aliphatic carbocycles. The van der Waals surface area contributed by atoms with Gasteiger partial charge in [0.05, 0.1) is 5.69 Å². The monoisotopic (exact) mass is 435 g/mol. The summed E-state index contributed by atoms with van der Waals surface area (Å²) in [7, 11) is 0. The maximum absolute atomic E-state index is 12.6. The van der Waals surface area contributed by atoms with Crippen LogP contribution in [0.1, 0.15) is 46.1 Å². The molecule has 0 amide bonds. The number of hydrogen-bond acceptors (Lipinski definition) is 4. The highest BCUT2D eigenvalue weighted by Gasteiger charge is 2.29. The molecule has 31 heavy (non-hydrogen) atoms. The normalized spacial score (nSPS) is 16.1. The molecule has 0 saturated carbocycles. The topological polar surface area (TPSA) is 28.6 Å². The van der Waals surface area contributed by atoms with Crippen LogP contribution in [-0.2, 0) is 0 Å². The first-order valence-corrected chi connectivity index (χ1v) is 10.7. The first kappa shape index (κ1) is 23.4. The van der Waals surface area contributed by atoms with Gasteiger partial charge in [-0.1, -0.05) is 19.9 Å². The van der Waals surface area contributed by atoms with Crippen molar-refractivity contribution >= 4 is 5.82 Å². The first-order valence-electron chi connectivity index (χ1n) is 10.7. The molecule has 1 aromatic heterocycles. The second-order valence-corrected chi connectivity index (χ2v) is 9.34. The molecule has 0 N–H and O–H groups in total. The Morgan fingerprint density at radius 2 is 1.68 bits per heavy atom. The molecule has 0 atom stereocenters. The summed E-state index contributed by atoms with van der Waals surface area (Å²) in [5.74, 6) is 1.22. The lowest BCUT2D eigenvalue weighted by Crippen LogP contribution is -2.53. The Labute approximate surface area is 183 Å². The fraction of sp³-hybridized carbons (Fsp3) is 0.542. The molecule has 2 aromatic rings. The lowest BCUT2D eigenvalue weighted by molar-refractivity contribution is -0.153.